The zero-order chi connectivity index (χ0) is 20.6. The van der Waals surface area contributed by atoms with Gasteiger partial charge in [0.25, 0.3) is 0 Å². The highest BCUT2D eigenvalue weighted by Gasteiger charge is 2.20. The second-order valence-corrected chi connectivity index (χ2v) is 8.43. The molecule has 2 aliphatic carbocycles. The summed E-state index contributed by atoms with van der Waals surface area (Å²) in [5, 5.41) is 2.71. The smallest absolute Gasteiger partial charge is 0.0544 e. The maximum atomic E-state index is 2.42. The van der Waals surface area contributed by atoms with E-state index in [9.17, 15) is 0 Å². The number of benzene rings is 3. The van der Waals surface area contributed by atoms with Crippen molar-refractivity contribution in [2.24, 2.45) is 0 Å². The topological polar surface area (TPSA) is 4.93 Å². The summed E-state index contributed by atoms with van der Waals surface area (Å²) >= 11 is 0. The Balaban J connectivity index is 1.49. The van der Waals surface area contributed by atoms with Crippen LogP contribution in [0.5, 0.6) is 0 Å². The second kappa shape index (κ2) is 7.59. The van der Waals surface area contributed by atoms with Gasteiger partial charge in [0.15, 0.2) is 0 Å². The van der Waals surface area contributed by atoms with Crippen LogP contribution in [0.25, 0.3) is 27.5 Å². The summed E-state index contributed by atoms with van der Waals surface area (Å²) in [5.41, 5.74) is 7.92. The van der Waals surface area contributed by atoms with Crippen LogP contribution in [-0.2, 0) is 0 Å². The van der Waals surface area contributed by atoms with Gasteiger partial charge in [0.2, 0.25) is 0 Å². The van der Waals surface area contributed by atoms with Crippen molar-refractivity contribution in [1.29, 1.82) is 0 Å². The highest BCUT2D eigenvalue weighted by molar-refractivity contribution is 6.11. The molecular formula is C30H25N. The lowest BCUT2D eigenvalue weighted by Crippen LogP contribution is -2.01. The summed E-state index contributed by atoms with van der Waals surface area (Å²) in [5.74, 6) is 0.399. The number of hydrogen-bond acceptors (Lipinski definition) is 0. The van der Waals surface area contributed by atoms with Gasteiger partial charge in [-0.1, -0.05) is 85.0 Å². The highest BCUT2D eigenvalue weighted by atomic mass is 15.0. The van der Waals surface area contributed by atoms with E-state index in [0.29, 0.717) is 5.92 Å². The first-order chi connectivity index (χ1) is 15.4. The molecule has 6 rings (SSSR count). The van der Waals surface area contributed by atoms with Crippen molar-refractivity contribution in [3.05, 3.63) is 126 Å². The van der Waals surface area contributed by atoms with Crippen LogP contribution >= 0.6 is 0 Å². The minimum atomic E-state index is 0.399. The Morgan fingerprint density at radius 1 is 0.677 bits per heavy atom. The first-order valence-electron chi connectivity index (χ1n) is 11.2. The van der Waals surface area contributed by atoms with E-state index in [-0.39, 0.29) is 0 Å². The van der Waals surface area contributed by atoms with Gasteiger partial charge in [0.05, 0.1) is 11.0 Å². The van der Waals surface area contributed by atoms with Crippen LogP contribution in [0.2, 0.25) is 0 Å². The van der Waals surface area contributed by atoms with Gasteiger partial charge in [0.1, 0.15) is 0 Å². The second-order valence-electron chi connectivity index (χ2n) is 8.43. The molecular weight excluding hydrogens is 374 g/mol. The Bertz CT molecular complexity index is 1390. The number of allylic oxidation sites excluding steroid dienone is 8. The first-order valence-corrected chi connectivity index (χ1v) is 11.2. The van der Waals surface area contributed by atoms with Gasteiger partial charge in [-0.2, -0.15) is 0 Å². The van der Waals surface area contributed by atoms with E-state index < -0.39 is 0 Å². The van der Waals surface area contributed by atoms with Gasteiger partial charge in [-0.15, -0.1) is 0 Å². The standard InChI is InChI=1S/C30H25N/c1-3-10-22(11-4-1)23-18-20-24(21-19-23)26-15-9-17-29-30(26)27-14-7-8-16-28(27)31(29)25-12-5-2-6-13-25/h2-3,5-20,24H,1,4,21H2. The number of hydrogen-bond donors (Lipinski definition) is 0. The number of rotatable bonds is 3. The van der Waals surface area contributed by atoms with Crippen molar-refractivity contribution in [3.8, 4) is 5.69 Å². The van der Waals surface area contributed by atoms with Gasteiger partial charge in [-0.3, -0.25) is 0 Å². The predicted molar refractivity (Wildman–Crippen MR) is 132 cm³/mol. The lowest BCUT2D eigenvalue weighted by molar-refractivity contribution is 0.854. The molecule has 0 fully saturated rings. The van der Waals surface area contributed by atoms with E-state index in [0.717, 1.165) is 19.3 Å². The quantitative estimate of drug-likeness (QED) is 0.328. The number of aromatic nitrogens is 1. The third-order valence-electron chi connectivity index (χ3n) is 6.57. The van der Waals surface area contributed by atoms with Crippen LogP contribution in [0.1, 0.15) is 30.7 Å². The Hall–Kier alpha value is -3.58. The monoisotopic (exact) mass is 399 g/mol. The molecule has 0 spiro atoms. The molecule has 0 aliphatic heterocycles. The maximum Gasteiger partial charge on any atom is 0.0544 e. The molecule has 1 unspecified atom stereocenters. The van der Waals surface area contributed by atoms with Crippen molar-refractivity contribution < 1.29 is 0 Å². The van der Waals surface area contributed by atoms with Gasteiger partial charge in [-0.25, -0.2) is 0 Å². The summed E-state index contributed by atoms with van der Waals surface area (Å²) < 4.78 is 2.40. The molecule has 1 nitrogen and oxygen atoms in total. The number of fused-ring (bicyclic) bond motifs is 3. The zero-order valence-electron chi connectivity index (χ0n) is 17.5. The Labute approximate surface area is 183 Å². The van der Waals surface area contributed by atoms with E-state index >= 15 is 0 Å². The van der Waals surface area contributed by atoms with Crippen LogP contribution in [0.15, 0.2) is 120 Å². The van der Waals surface area contributed by atoms with Gasteiger partial charge in [-0.05, 0) is 60.2 Å². The Morgan fingerprint density at radius 2 is 1.48 bits per heavy atom. The molecule has 4 aromatic rings. The van der Waals surface area contributed by atoms with Crippen LogP contribution in [0.3, 0.4) is 0 Å². The minimum absolute atomic E-state index is 0.399. The minimum Gasteiger partial charge on any atom is -0.309 e. The van der Waals surface area contributed by atoms with E-state index in [4.69, 9.17) is 0 Å². The highest BCUT2D eigenvalue weighted by Crippen LogP contribution is 2.39. The van der Waals surface area contributed by atoms with Crippen molar-refractivity contribution in [3.63, 3.8) is 0 Å². The summed E-state index contributed by atoms with van der Waals surface area (Å²) in [6.45, 7) is 0. The van der Waals surface area contributed by atoms with Crippen LogP contribution in [0, 0.1) is 0 Å². The molecule has 0 amide bonds. The molecule has 3 aromatic carbocycles. The molecule has 150 valence electrons. The van der Waals surface area contributed by atoms with Gasteiger partial charge >= 0.3 is 0 Å². The number of nitrogens with zero attached hydrogens (tertiary/aromatic N) is 1. The molecule has 1 aromatic heterocycles. The fraction of sp³-hybridized carbons (Fsp3) is 0.133. The third kappa shape index (κ3) is 3.09. The van der Waals surface area contributed by atoms with Gasteiger partial charge < -0.3 is 4.57 Å². The first kappa shape index (κ1) is 18.2. The van der Waals surface area contributed by atoms with E-state index in [1.54, 1.807) is 0 Å². The molecule has 31 heavy (non-hydrogen) atoms. The van der Waals surface area contributed by atoms with E-state index in [2.05, 4.69) is 114 Å². The van der Waals surface area contributed by atoms with Crippen LogP contribution < -0.4 is 0 Å². The maximum absolute atomic E-state index is 2.42. The largest absolute Gasteiger partial charge is 0.309 e. The molecule has 0 radical (unpaired) electrons. The summed E-state index contributed by atoms with van der Waals surface area (Å²) in [6, 6.07) is 26.3. The van der Waals surface area contributed by atoms with Crippen molar-refractivity contribution in [2.75, 3.05) is 0 Å². The average molecular weight is 400 g/mol. The molecule has 1 heteroatoms. The normalized spacial score (nSPS) is 18.4. The Morgan fingerprint density at radius 3 is 2.29 bits per heavy atom. The van der Waals surface area contributed by atoms with E-state index in [1.165, 1.54) is 44.2 Å². The van der Waals surface area contributed by atoms with Crippen molar-refractivity contribution in [2.45, 2.75) is 25.2 Å². The average Bonchev–Trinajstić information content (AvgIpc) is 3.20. The molecule has 0 N–H and O–H groups in total. The fourth-order valence-corrected chi connectivity index (χ4v) is 5.10. The SMILES string of the molecule is C1=CC(C2=CCC(c3cccc4c3c3ccccc3n4-c3ccccc3)C=C2)=CCC1. The molecule has 0 bridgehead atoms. The van der Waals surface area contributed by atoms with Crippen LogP contribution in [-0.4, -0.2) is 4.57 Å². The molecule has 1 heterocycles. The van der Waals surface area contributed by atoms with Crippen molar-refractivity contribution in [1.82, 2.24) is 4.57 Å². The molecule has 0 saturated carbocycles. The zero-order valence-corrected chi connectivity index (χ0v) is 17.5. The van der Waals surface area contributed by atoms with E-state index in [1.807, 2.05) is 0 Å². The fourth-order valence-electron chi connectivity index (χ4n) is 5.10. The van der Waals surface area contributed by atoms with Crippen LogP contribution in [0.4, 0.5) is 0 Å². The third-order valence-corrected chi connectivity index (χ3v) is 6.57. The summed E-state index contributed by atoms with van der Waals surface area (Å²) in [7, 11) is 0. The molecule has 2 aliphatic rings. The summed E-state index contributed by atoms with van der Waals surface area (Å²) in [6.07, 6.45) is 17.4. The summed E-state index contributed by atoms with van der Waals surface area (Å²) in [4.78, 5) is 0. The molecule has 0 saturated heterocycles. The lowest BCUT2D eigenvalue weighted by Gasteiger charge is -2.19. The number of para-hydroxylation sites is 2. The van der Waals surface area contributed by atoms with Gasteiger partial charge in [0, 0.05) is 22.4 Å². The lowest BCUT2D eigenvalue weighted by atomic mass is 9.85. The molecule has 1 atom stereocenters. The van der Waals surface area contributed by atoms with Crippen molar-refractivity contribution >= 4 is 21.8 Å². The Kier molecular flexibility index (Phi) is 4.46. The predicted octanol–water partition coefficient (Wildman–Crippen LogP) is 8.03.